The molecule has 0 spiro atoms. The van der Waals surface area contributed by atoms with Crippen molar-refractivity contribution in [3.05, 3.63) is 0 Å². The fourth-order valence-corrected chi connectivity index (χ4v) is 3.51. The number of nitrogens with zero attached hydrogens (tertiary/aromatic N) is 1. The zero-order valence-corrected chi connectivity index (χ0v) is 12.2. The van der Waals surface area contributed by atoms with Crippen LogP contribution >= 0.6 is 0 Å². The summed E-state index contributed by atoms with van der Waals surface area (Å²) in [6, 6.07) is 0.765. The molecule has 1 aliphatic carbocycles. The van der Waals surface area contributed by atoms with E-state index in [0.29, 0.717) is 18.6 Å². The third kappa shape index (κ3) is 3.93. The molecule has 2 atom stereocenters. The highest BCUT2D eigenvalue weighted by Gasteiger charge is 2.30. The molecule has 0 aromatic heterocycles. The molecule has 3 N–H and O–H groups in total. The van der Waals surface area contributed by atoms with Crippen LogP contribution in [0.2, 0.25) is 0 Å². The summed E-state index contributed by atoms with van der Waals surface area (Å²) in [4.78, 5) is 14.7. The maximum atomic E-state index is 12.4. The predicted octanol–water partition coefficient (Wildman–Crippen LogP) is 1.64. The zero-order chi connectivity index (χ0) is 13.7. The minimum absolute atomic E-state index is 0.0317. The van der Waals surface area contributed by atoms with Gasteiger partial charge in [0.1, 0.15) is 0 Å². The van der Waals surface area contributed by atoms with Crippen molar-refractivity contribution in [2.75, 3.05) is 13.1 Å². The van der Waals surface area contributed by atoms with Gasteiger partial charge in [0.15, 0.2) is 0 Å². The van der Waals surface area contributed by atoms with Gasteiger partial charge in [-0.1, -0.05) is 25.7 Å². The topological polar surface area (TPSA) is 58.4 Å². The van der Waals surface area contributed by atoms with Crippen molar-refractivity contribution in [1.29, 1.82) is 0 Å². The van der Waals surface area contributed by atoms with Gasteiger partial charge in [-0.25, -0.2) is 0 Å². The van der Waals surface area contributed by atoms with Gasteiger partial charge in [-0.3, -0.25) is 9.69 Å². The number of hydrogen-bond acceptors (Lipinski definition) is 3. The molecule has 4 heteroatoms. The van der Waals surface area contributed by atoms with Gasteiger partial charge in [0.25, 0.3) is 0 Å². The number of rotatable bonds is 4. The number of nitrogens with two attached hydrogens (primary N) is 1. The van der Waals surface area contributed by atoms with Crippen LogP contribution in [0, 0.1) is 0 Å². The van der Waals surface area contributed by atoms with Crippen molar-refractivity contribution in [2.45, 2.75) is 76.4 Å². The third-order valence-electron chi connectivity index (χ3n) is 4.77. The van der Waals surface area contributed by atoms with E-state index in [9.17, 15) is 4.79 Å². The lowest BCUT2D eigenvalue weighted by Gasteiger charge is -2.39. The molecule has 0 radical (unpaired) electrons. The second-order valence-electron chi connectivity index (χ2n) is 6.14. The van der Waals surface area contributed by atoms with E-state index in [-0.39, 0.29) is 11.9 Å². The Kier molecular flexibility index (Phi) is 5.64. The summed E-state index contributed by atoms with van der Waals surface area (Å²) >= 11 is 0. The van der Waals surface area contributed by atoms with Gasteiger partial charge >= 0.3 is 0 Å². The highest BCUT2D eigenvalue weighted by molar-refractivity contribution is 5.81. The molecule has 1 aliphatic heterocycles. The molecule has 2 fully saturated rings. The van der Waals surface area contributed by atoms with Crippen LogP contribution in [0.4, 0.5) is 0 Å². The van der Waals surface area contributed by atoms with E-state index in [1.807, 2.05) is 6.92 Å². The largest absolute Gasteiger partial charge is 0.352 e. The Labute approximate surface area is 117 Å². The van der Waals surface area contributed by atoms with E-state index in [2.05, 4.69) is 10.2 Å². The number of amides is 1. The van der Waals surface area contributed by atoms with Crippen LogP contribution in [0.25, 0.3) is 0 Å². The highest BCUT2D eigenvalue weighted by Crippen LogP contribution is 2.20. The van der Waals surface area contributed by atoms with Crippen molar-refractivity contribution in [1.82, 2.24) is 10.2 Å². The molecule has 0 bridgehead atoms. The molecule has 4 nitrogen and oxygen atoms in total. The number of piperidine rings is 1. The second kappa shape index (κ2) is 7.25. The summed E-state index contributed by atoms with van der Waals surface area (Å²) in [6.45, 7) is 3.72. The quantitative estimate of drug-likeness (QED) is 0.814. The lowest BCUT2D eigenvalue weighted by atomic mass is 9.95. The SMILES string of the molecule is CC(C(=O)NC1CCCCC1)N1CCCCC1CN. The molecule has 1 amide bonds. The smallest absolute Gasteiger partial charge is 0.237 e. The first kappa shape index (κ1) is 14.8. The van der Waals surface area contributed by atoms with E-state index < -0.39 is 0 Å². The Morgan fingerprint density at radius 1 is 1.21 bits per heavy atom. The summed E-state index contributed by atoms with van der Waals surface area (Å²) in [7, 11) is 0. The van der Waals surface area contributed by atoms with E-state index >= 15 is 0 Å². The fraction of sp³-hybridized carbons (Fsp3) is 0.933. The monoisotopic (exact) mass is 267 g/mol. The zero-order valence-electron chi connectivity index (χ0n) is 12.2. The van der Waals surface area contributed by atoms with Gasteiger partial charge in [-0.15, -0.1) is 0 Å². The standard InChI is InChI=1S/C15H29N3O/c1-12(18-10-6-5-9-14(18)11-16)15(19)17-13-7-3-2-4-8-13/h12-14H,2-11,16H2,1H3,(H,17,19). The van der Waals surface area contributed by atoms with Crippen LogP contribution in [0.5, 0.6) is 0 Å². The van der Waals surface area contributed by atoms with Crippen LogP contribution in [0.15, 0.2) is 0 Å². The van der Waals surface area contributed by atoms with Crippen molar-refractivity contribution < 1.29 is 4.79 Å². The number of nitrogens with one attached hydrogen (secondary N) is 1. The molecule has 0 aromatic rings. The number of hydrogen-bond donors (Lipinski definition) is 2. The van der Waals surface area contributed by atoms with E-state index in [1.165, 1.54) is 32.1 Å². The summed E-state index contributed by atoms with van der Waals surface area (Å²) < 4.78 is 0. The Bertz CT molecular complexity index is 289. The van der Waals surface area contributed by atoms with Gasteiger partial charge in [0.2, 0.25) is 5.91 Å². The highest BCUT2D eigenvalue weighted by atomic mass is 16.2. The van der Waals surface area contributed by atoms with Crippen molar-refractivity contribution in [3.8, 4) is 0 Å². The van der Waals surface area contributed by atoms with Gasteiger partial charge < -0.3 is 11.1 Å². The molecule has 19 heavy (non-hydrogen) atoms. The van der Waals surface area contributed by atoms with Crippen LogP contribution in [0.1, 0.15) is 58.3 Å². The number of carbonyl (C=O) groups is 1. The average molecular weight is 267 g/mol. The minimum atomic E-state index is -0.0317. The molecule has 2 rings (SSSR count). The van der Waals surface area contributed by atoms with Crippen LogP contribution in [-0.4, -0.2) is 42.0 Å². The van der Waals surface area contributed by atoms with Crippen molar-refractivity contribution in [2.24, 2.45) is 5.73 Å². The fourth-order valence-electron chi connectivity index (χ4n) is 3.51. The first-order chi connectivity index (χ1) is 9.22. The molecule has 1 saturated heterocycles. The van der Waals surface area contributed by atoms with E-state index in [1.54, 1.807) is 0 Å². The van der Waals surface area contributed by atoms with E-state index in [4.69, 9.17) is 5.73 Å². The maximum Gasteiger partial charge on any atom is 0.237 e. The third-order valence-corrected chi connectivity index (χ3v) is 4.77. The normalized spacial score (nSPS) is 28.0. The lowest BCUT2D eigenvalue weighted by molar-refractivity contribution is -0.128. The maximum absolute atomic E-state index is 12.4. The average Bonchev–Trinajstić information content (AvgIpc) is 2.47. The minimum Gasteiger partial charge on any atom is -0.352 e. The Morgan fingerprint density at radius 3 is 2.58 bits per heavy atom. The molecule has 0 aromatic carbocycles. The van der Waals surface area contributed by atoms with Crippen LogP contribution < -0.4 is 11.1 Å². The van der Waals surface area contributed by atoms with Gasteiger partial charge in [-0.05, 0) is 39.2 Å². The Morgan fingerprint density at radius 2 is 1.89 bits per heavy atom. The molecule has 2 aliphatic rings. The predicted molar refractivity (Wildman–Crippen MR) is 77.9 cm³/mol. The molecular weight excluding hydrogens is 238 g/mol. The van der Waals surface area contributed by atoms with Crippen LogP contribution in [-0.2, 0) is 4.79 Å². The molecular formula is C15H29N3O. The van der Waals surface area contributed by atoms with Gasteiger partial charge in [0, 0.05) is 18.6 Å². The first-order valence-corrected chi connectivity index (χ1v) is 7.98. The number of likely N-dealkylation sites (tertiary alicyclic amines) is 1. The lowest BCUT2D eigenvalue weighted by Crippen LogP contribution is -2.55. The Hall–Kier alpha value is -0.610. The second-order valence-corrected chi connectivity index (χ2v) is 6.14. The number of carbonyl (C=O) groups excluding carboxylic acids is 1. The summed E-state index contributed by atoms with van der Waals surface area (Å²) in [5.41, 5.74) is 5.84. The Balaban J connectivity index is 1.86. The van der Waals surface area contributed by atoms with Crippen LogP contribution in [0.3, 0.4) is 0 Å². The molecule has 2 unspecified atom stereocenters. The van der Waals surface area contributed by atoms with Gasteiger partial charge in [0.05, 0.1) is 6.04 Å². The van der Waals surface area contributed by atoms with Crippen molar-refractivity contribution in [3.63, 3.8) is 0 Å². The van der Waals surface area contributed by atoms with Gasteiger partial charge in [-0.2, -0.15) is 0 Å². The summed E-state index contributed by atoms with van der Waals surface area (Å²) in [5.74, 6) is 0.201. The molecule has 1 heterocycles. The summed E-state index contributed by atoms with van der Waals surface area (Å²) in [5, 5.41) is 3.24. The summed E-state index contributed by atoms with van der Waals surface area (Å²) in [6.07, 6.45) is 9.72. The van der Waals surface area contributed by atoms with Crippen molar-refractivity contribution >= 4 is 5.91 Å². The molecule has 110 valence electrons. The first-order valence-electron chi connectivity index (χ1n) is 7.98. The van der Waals surface area contributed by atoms with E-state index in [0.717, 1.165) is 25.8 Å². The molecule has 1 saturated carbocycles.